The van der Waals surface area contributed by atoms with Gasteiger partial charge in [0, 0.05) is 17.8 Å². The highest BCUT2D eigenvalue weighted by atomic mass is 35.5. The summed E-state index contributed by atoms with van der Waals surface area (Å²) >= 11 is 6.00. The first-order chi connectivity index (χ1) is 8.95. The summed E-state index contributed by atoms with van der Waals surface area (Å²) in [6.07, 6.45) is 0. The van der Waals surface area contributed by atoms with Crippen LogP contribution in [0.5, 0.6) is 11.5 Å². The molecule has 2 aromatic carbocycles. The number of nitrogen functional groups attached to an aromatic ring is 1. The van der Waals surface area contributed by atoms with Gasteiger partial charge in [-0.1, -0.05) is 17.7 Å². The molecular formula is C13H11ClN2O3. The topological polar surface area (TPSA) is 78.4 Å². The van der Waals surface area contributed by atoms with Gasteiger partial charge in [0.25, 0.3) is 5.69 Å². The molecule has 0 bridgehead atoms. The molecule has 6 heteroatoms. The van der Waals surface area contributed by atoms with Crippen molar-refractivity contribution in [3.63, 3.8) is 0 Å². The van der Waals surface area contributed by atoms with Crippen LogP contribution in [-0.2, 0) is 0 Å². The zero-order chi connectivity index (χ0) is 14.0. The van der Waals surface area contributed by atoms with Gasteiger partial charge >= 0.3 is 0 Å². The Morgan fingerprint density at radius 1 is 1.26 bits per heavy atom. The molecule has 0 heterocycles. The molecule has 0 saturated carbocycles. The van der Waals surface area contributed by atoms with Crippen molar-refractivity contribution < 1.29 is 9.66 Å². The Bertz CT molecular complexity index is 644. The summed E-state index contributed by atoms with van der Waals surface area (Å²) in [6.45, 7) is 1.89. The monoisotopic (exact) mass is 278 g/mol. The molecule has 2 aromatic rings. The number of nitro groups is 1. The molecule has 0 spiro atoms. The van der Waals surface area contributed by atoms with Gasteiger partial charge in [-0.05, 0) is 24.6 Å². The van der Waals surface area contributed by atoms with Gasteiger partial charge in [-0.15, -0.1) is 0 Å². The van der Waals surface area contributed by atoms with Gasteiger partial charge in [-0.2, -0.15) is 0 Å². The van der Waals surface area contributed by atoms with Gasteiger partial charge in [-0.3, -0.25) is 10.1 Å². The Balaban J connectivity index is 2.38. The molecule has 0 aliphatic rings. The molecule has 0 aromatic heterocycles. The largest absolute Gasteiger partial charge is 0.455 e. The van der Waals surface area contributed by atoms with Crippen molar-refractivity contribution in [3.05, 3.63) is 57.1 Å². The number of hydrogen-bond donors (Lipinski definition) is 1. The average molecular weight is 279 g/mol. The SMILES string of the molecule is Cc1ccc(Cl)c(Oc2cc(N)cc([N+](=O)[O-])c2)c1. The van der Waals surface area contributed by atoms with E-state index in [1.165, 1.54) is 18.2 Å². The number of nitro benzene ring substituents is 1. The molecule has 0 aliphatic heterocycles. The lowest BCUT2D eigenvalue weighted by Crippen LogP contribution is -1.94. The zero-order valence-electron chi connectivity index (χ0n) is 10.1. The van der Waals surface area contributed by atoms with Crippen molar-refractivity contribution >= 4 is 23.0 Å². The normalized spacial score (nSPS) is 10.2. The third kappa shape index (κ3) is 3.14. The van der Waals surface area contributed by atoms with Crippen LogP contribution in [0, 0.1) is 17.0 Å². The van der Waals surface area contributed by atoms with Crippen molar-refractivity contribution in [1.82, 2.24) is 0 Å². The van der Waals surface area contributed by atoms with Gasteiger partial charge in [0.15, 0.2) is 0 Å². The minimum absolute atomic E-state index is 0.126. The van der Waals surface area contributed by atoms with Crippen LogP contribution >= 0.6 is 11.6 Å². The maximum atomic E-state index is 10.7. The van der Waals surface area contributed by atoms with Crippen molar-refractivity contribution in [2.75, 3.05) is 5.73 Å². The van der Waals surface area contributed by atoms with E-state index in [-0.39, 0.29) is 17.1 Å². The number of rotatable bonds is 3. The van der Waals surface area contributed by atoms with Crippen molar-refractivity contribution in [1.29, 1.82) is 0 Å². The van der Waals surface area contributed by atoms with E-state index in [0.717, 1.165) is 5.56 Å². The van der Waals surface area contributed by atoms with Gasteiger partial charge < -0.3 is 10.5 Å². The quantitative estimate of drug-likeness (QED) is 0.524. The fourth-order valence-corrected chi connectivity index (χ4v) is 1.74. The molecular weight excluding hydrogens is 268 g/mol. The lowest BCUT2D eigenvalue weighted by Gasteiger charge is -2.09. The lowest BCUT2D eigenvalue weighted by atomic mass is 10.2. The second-order valence-corrected chi connectivity index (χ2v) is 4.46. The molecule has 0 saturated heterocycles. The first kappa shape index (κ1) is 13.2. The van der Waals surface area contributed by atoms with Crippen LogP contribution in [0.4, 0.5) is 11.4 Å². The van der Waals surface area contributed by atoms with Crippen molar-refractivity contribution in [2.45, 2.75) is 6.92 Å². The molecule has 5 nitrogen and oxygen atoms in total. The number of non-ortho nitro benzene ring substituents is 1. The smallest absolute Gasteiger partial charge is 0.275 e. The van der Waals surface area contributed by atoms with E-state index in [0.29, 0.717) is 10.8 Å². The predicted molar refractivity (Wildman–Crippen MR) is 73.8 cm³/mol. The summed E-state index contributed by atoms with van der Waals surface area (Å²) in [6, 6.07) is 9.37. The van der Waals surface area contributed by atoms with E-state index in [1.54, 1.807) is 12.1 Å². The Hall–Kier alpha value is -2.27. The highest BCUT2D eigenvalue weighted by Crippen LogP contribution is 2.33. The van der Waals surface area contributed by atoms with Crippen LogP contribution in [0.2, 0.25) is 5.02 Å². The van der Waals surface area contributed by atoms with Crippen molar-refractivity contribution in [2.24, 2.45) is 0 Å². The summed E-state index contributed by atoms with van der Waals surface area (Å²) in [5.41, 5.74) is 6.70. The van der Waals surface area contributed by atoms with Gasteiger partial charge in [-0.25, -0.2) is 0 Å². The maximum Gasteiger partial charge on any atom is 0.275 e. The number of nitrogens with two attached hydrogens (primary N) is 1. The summed E-state index contributed by atoms with van der Waals surface area (Å²) in [5, 5.41) is 11.2. The van der Waals surface area contributed by atoms with E-state index in [1.807, 2.05) is 13.0 Å². The Kier molecular flexibility index (Phi) is 3.57. The molecule has 98 valence electrons. The van der Waals surface area contributed by atoms with Crippen molar-refractivity contribution in [3.8, 4) is 11.5 Å². The summed E-state index contributed by atoms with van der Waals surface area (Å²) < 4.78 is 5.55. The van der Waals surface area contributed by atoms with Crippen LogP contribution in [0.25, 0.3) is 0 Å². The number of ether oxygens (including phenoxy) is 1. The number of aryl methyl sites for hydroxylation is 1. The van der Waals surface area contributed by atoms with Crippen LogP contribution in [0.3, 0.4) is 0 Å². The second kappa shape index (κ2) is 5.16. The standard InChI is InChI=1S/C13H11ClN2O3/c1-8-2-3-12(14)13(4-8)19-11-6-9(15)5-10(7-11)16(17)18/h2-7H,15H2,1H3. The van der Waals surface area contributed by atoms with Gasteiger partial charge in [0.05, 0.1) is 16.0 Å². The first-order valence-electron chi connectivity index (χ1n) is 5.44. The molecule has 2 rings (SSSR count). The molecule has 0 unspecified atom stereocenters. The number of benzene rings is 2. The number of halogens is 1. The second-order valence-electron chi connectivity index (χ2n) is 4.05. The molecule has 19 heavy (non-hydrogen) atoms. The van der Waals surface area contributed by atoms with Gasteiger partial charge in [0.2, 0.25) is 0 Å². The van der Waals surface area contributed by atoms with Crippen LogP contribution in [0.1, 0.15) is 5.56 Å². The van der Waals surface area contributed by atoms with E-state index in [2.05, 4.69) is 0 Å². The van der Waals surface area contributed by atoms with E-state index < -0.39 is 4.92 Å². The number of anilines is 1. The Morgan fingerprint density at radius 3 is 2.68 bits per heavy atom. The van der Waals surface area contributed by atoms with Crippen LogP contribution in [-0.4, -0.2) is 4.92 Å². The maximum absolute atomic E-state index is 10.7. The average Bonchev–Trinajstić information content (AvgIpc) is 2.33. The highest BCUT2D eigenvalue weighted by molar-refractivity contribution is 6.32. The third-order valence-corrected chi connectivity index (χ3v) is 2.75. The molecule has 0 radical (unpaired) electrons. The van der Waals surface area contributed by atoms with E-state index in [9.17, 15) is 10.1 Å². The number of nitrogens with zero attached hydrogens (tertiary/aromatic N) is 1. The molecule has 0 aliphatic carbocycles. The molecule has 0 atom stereocenters. The van der Waals surface area contributed by atoms with E-state index >= 15 is 0 Å². The predicted octanol–water partition coefficient (Wildman–Crippen LogP) is 3.93. The van der Waals surface area contributed by atoms with Gasteiger partial charge in [0.1, 0.15) is 11.5 Å². The van der Waals surface area contributed by atoms with Crippen LogP contribution in [0.15, 0.2) is 36.4 Å². The number of hydrogen-bond acceptors (Lipinski definition) is 4. The molecule has 2 N–H and O–H groups in total. The fraction of sp³-hybridized carbons (Fsp3) is 0.0769. The Morgan fingerprint density at radius 2 is 2.00 bits per heavy atom. The summed E-state index contributed by atoms with van der Waals surface area (Å²) in [7, 11) is 0. The summed E-state index contributed by atoms with van der Waals surface area (Å²) in [5.74, 6) is 0.709. The molecule has 0 amide bonds. The minimum Gasteiger partial charge on any atom is -0.455 e. The zero-order valence-corrected chi connectivity index (χ0v) is 10.8. The third-order valence-electron chi connectivity index (χ3n) is 2.44. The lowest BCUT2D eigenvalue weighted by molar-refractivity contribution is -0.384. The highest BCUT2D eigenvalue weighted by Gasteiger charge is 2.11. The Labute approximate surface area is 114 Å². The fourth-order valence-electron chi connectivity index (χ4n) is 1.59. The summed E-state index contributed by atoms with van der Waals surface area (Å²) in [4.78, 5) is 10.2. The molecule has 0 fully saturated rings. The minimum atomic E-state index is -0.527. The van der Waals surface area contributed by atoms with E-state index in [4.69, 9.17) is 22.1 Å². The van der Waals surface area contributed by atoms with Crippen LogP contribution < -0.4 is 10.5 Å². The first-order valence-corrected chi connectivity index (χ1v) is 5.82.